The number of aromatic hydroxyl groups is 1. The quantitative estimate of drug-likeness (QED) is 0.268. The lowest BCUT2D eigenvalue weighted by molar-refractivity contribution is -0.171. The van der Waals surface area contributed by atoms with E-state index in [4.69, 9.17) is 4.74 Å². The van der Waals surface area contributed by atoms with E-state index < -0.39 is 35.2 Å². The van der Waals surface area contributed by atoms with Gasteiger partial charge in [0.1, 0.15) is 22.7 Å². The van der Waals surface area contributed by atoms with Crippen molar-refractivity contribution < 1.29 is 36.2 Å². The zero-order chi connectivity index (χ0) is 28.2. The van der Waals surface area contributed by atoms with Gasteiger partial charge in [0, 0.05) is 5.56 Å². The van der Waals surface area contributed by atoms with E-state index in [1.54, 1.807) is 6.92 Å². The molecule has 0 spiro atoms. The van der Waals surface area contributed by atoms with Crippen LogP contribution in [0.1, 0.15) is 114 Å². The molecule has 2 rings (SSSR count). The number of benzene rings is 1. The molecule has 1 heterocycles. The number of alkyl halides is 6. The van der Waals surface area contributed by atoms with Gasteiger partial charge in [-0.25, -0.2) is 0 Å². The number of fused-ring (bicyclic) bond motifs is 1. The van der Waals surface area contributed by atoms with Crippen molar-refractivity contribution in [2.45, 2.75) is 130 Å². The van der Waals surface area contributed by atoms with E-state index in [0.29, 0.717) is 30.2 Å². The Morgan fingerprint density at radius 2 is 1.35 bits per heavy atom. The van der Waals surface area contributed by atoms with Crippen molar-refractivity contribution in [3.8, 4) is 11.5 Å². The van der Waals surface area contributed by atoms with Crippen molar-refractivity contribution >= 4 is 0 Å². The summed E-state index contributed by atoms with van der Waals surface area (Å²) in [7, 11) is 0. The van der Waals surface area contributed by atoms with Crippen LogP contribution in [0.4, 0.5) is 26.3 Å². The van der Waals surface area contributed by atoms with E-state index in [1.807, 2.05) is 6.92 Å². The lowest BCUT2D eigenvalue weighted by Crippen LogP contribution is -2.37. The van der Waals surface area contributed by atoms with Gasteiger partial charge in [-0.3, -0.25) is 0 Å². The Labute approximate surface area is 218 Å². The molecule has 4 atom stereocenters. The standard InChI is InChI=1S/C29H44F6O2/c1-18(12-8-14-20(3)28(30,31)32)10-7-11-19(2)13-9-16-27(6)17-15-23-24(29(33,34)35)25(36)21(4)22(5)26(23)37-27/h18-20,36H,7-17H2,1-6H3. The third-order valence-corrected chi connectivity index (χ3v) is 8.30. The van der Waals surface area contributed by atoms with Crippen LogP contribution in [0.25, 0.3) is 0 Å². The van der Waals surface area contributed by atoms with Crippen LogP contribution in [-0.2, 0) is 12.6 Å². The van der Waals surface area contributed by atoms with E-state index in [1.165, 1.54) is 13.8 Å². The van der Waals surface area contributed by atoms with Crippen molar-refractivity contribution in [1.29, 1.82) is 0 Å². The normalized spacial score (nSPS) is 20.8. The first-order chi connectivity index (χ1) is 17.0. The first-order valence-corrected chi connectivity index (χ1v) is 13.6. The fraction of sp³-hybridized carbons (Fsp3) is 0.793. The minimum absolute atomic E-state index is 0.0564. The van der Waals surface area contributed by atoms with Gasteiger partial charge in [0.05, 0.1) is 5.92 Å². The highest BCUT2D eigenvalue weighted by Crippen LogP contribution is 2.50. The summed E-state index contributed by atoms with van der Waals surface area (Å²) < 4.78 is 85.1. The van der Waals surface area contributed by atoms with Crippen LogP contribution in [0.3, 0.4) is 0 Å². The Bertz CT molecular complexity index is 892. The molecule has 0 aromatic heterocycles. The average molecular weight is 539 g/mol. The molecule has 1 aromatic carbocycles. The van der Waals surface area contributed by atoms with E-state index in [2.05, 4.69) is 13.8 Å². The van der Waals surface area contributed by atoms with Gasteiger partial charge in [0.15, 0.2) is 0 Å². The third kappa shape index (κ3) is 8.71. The van der Waals surface area contributed by atoms with Crippen LogP contribution < -0.4 is 4.74 Å². The molecule has 8 heteroatoms. The lowest BCUT2D eigenvalue weighted by Gasteiger charge is -2.38. The molecule has 214 valence electrons. The fourth-order valence-corrected chi connectivity index (χ4v) is 5.43. The summed E-state index contributed by atoms with van der Waals surface area (Å²) >= 11 is 0. The van der Waals surface area contributed by atoms with Crippen LogP contribution in [0.5, 0.6) is 11.5 Å². The van der Waals surface area contributed by atoms with Crippen LogP contribution in [0.15, 0.2) is 0 Å². The number of hydrogen-bond acceptors (Lipinski definition) is 2. The van der Waals surface area contributed by atoms with Crippen molar-refractivity contribution in [2.75, 3.05) is 0 Å². The molecule has 0 fully saturated rings. The Morgan fingerprint density at radius 3 is 1.86 bits per heavy atom. The van der Waals surface area contributed by atoms with E-state index in [0.717, 1.165) is 44.9 Å². The van der Waals surface area contributed by atoms with Crippen molar-refractivity contribution in [2.24, 2.45) is 17.8 Å². The molecular weight excluding hydrogens is 494 g/mol. The number of hydrogen-bond donors (Lipinski definition) is 1. The molecule has 1 N–H and O–H groups in total. The molecule has 1 aromatic rings. The highest BCUT2D eigenvalue weighted by atomic mass is 19.4. The molecule has 1 aliphatic rings. The minimum Gasteiger partial charge on any atom is -0.507 e. The largest absolute Gasteiger partial charge is 0.507 e. The van der Waals surface area contributed by atoms with Crippen LogP contribution >= 0.6 is 0 Å². The average Bonchev–Trinajstić information content (AvgIpc) is 2.76. The summed E-state index contributed by atoms with van der Waals surface area (Å²) in [5.41, 5.74) is -0.702. The van der Waals surface area contributed by atoms with Crippen molar-refractivity contribution in [3.63, 3.8) is 0 Å². The number of ether oxygens (including phenoxy) is 1. The topological polar surface area (TPSA) is 29.5 Å². The number of rotatable bonds is 12. The zero-order valence-electron chi connectivity index (χ0n) is 23.1. The molecule has 0 bridgehead atoms. The summed E-state index contributed by atoms with van der Waals surface area (Å²) in [6, 6.07) is 0. The maximum Gasteiger partial charge on any atom is 0.420 e. The Hall–Kier alpha value is -1.60. The fourth-order valence-electron chi connectivity index (χ4n) is 5.43. The molecule has 0 saturated carbocycles. The van der Waals surface area contributed by atoms with Crippen molar-refractivity contribution in [1.82, 2.24) is 0 Å². The Balaban J connectivity index is 1.80. The van der Waals surface area contributed by atoms with E-state index in [-0.39, 0.29) is 29.7 Å². The number of phenolic OH excluding ortho intramolecular Hbond substituents is 1. The molecule has 2 nitrogen and oxygen atoms in total. The van der Waals surface area contributed by atoms with Gasteiger partial charge in [-0.1, -0.05) is 59.3 Å². The monoisotopic (exact) mass is 538 g/mol. The van der Waals surface area contributed by atoms with Gasteiger partial charge in [-0.2, -0.15) is 26.3 Å². The molecule has 1 aliphatic heterocycles. The molecule has 0 radical (unpaired) electrons. The van der Waals surface area contributed by atoms with Gasteiger partial charge in [-0.05, 0) is 75.8 Å². The summed E-state index contributed by atoms with van der Waals surface area (Å²) in [5.74, 6) is -0.766. The van der Waals surface area contributed by atoms with Crippen LogP contribution in [-0.4, -0.2) is 16.9 Å². The maximum absolute atomic E-state index is 13.7. The molecule has 37 heavy (non-hydrogen) atoms. The predicted octanol–water partition coefficient (Wildman–Crippen LogP) is 10.1. The highest BCUT2D eigenvalue weighted by Gasteiger charge is 2.43. The Kier molecular flexibility index (Phi) is 10.7. The van der Waals surface area contributed by atoms with E-state index >= 15 is 0 Å². The molecule has 0 amide bonds. The lowest BCUT2D eigenvalue weighted by atomic mass is 9.83. The van der Waals surface area contributed by atoms with Crippen molar-refractivity contribution in [3.05, 3.63) is 22.3 Å². The number of halogens is 6. The second-order valence-electron chi connectivity index (χ2n) is 11.7. The predicted molar refractivity (Wildman–Crippen MR) is 135 cm³/mol. The smallest absolute Gasteiger partial charge is 0.420 e. The van der Waals surface area contributed by atoms with E-state index in [9.17, 15) is 31.4 Å². The summed E-state index contributed by atoms with van der Waals surface area (Å²) in [6.45, 7) is 10.7. The maximum atomic E-state index is 13.7. The van der Waals surface area contributed by atoms with Gasteiger partial charge < -0.3 is 9.84 Å². The number of phenols is 1. The molecule has 4 unspecified atom stereocenters. The first-order valence-electron chi connectivity index (χ1n) is 13.6. The third-order valence-electron chi connectivity index (χ3n) is 8.30. The van der Waals surface area contributed by atoms with Crippen LogP contribution in [0, 0.1) is 31.6 Å². The Morgan fingerprint density at radius 1 is 0.838 bits per heavy atom. The SMILES string of the molecule is Cc1c(C)c2c(c(C(F)(F)F)c1O)CCC(C)(CCCC(C)CCCC(C)CCCC(C)C(F)(F)F)O2. The minimum atomic E-state index is -4.64. The second-order valence-corrected chi connectivity index (χ2v) is 11.7. The van der Waals surface area contributed by atoms with Gasteiger partial charge in [-0.15, -0.1) is 0 Å². The van der Waals surface area contributed by atoms with Gasteiger partial charge in [0.25, 0.3) is 0 Å². The van der Waals surface area contributed by atoms with Gasteiger partial charge >= 0.3 is 12.4 Å². The molecular formula is C29H44F6O2. The molecule has 0 saturated heterocycles. The second kappa shape index (κ2) is 12.5. The highest BCUT2D eigenvalue weighted by molar-refractivity contribution is 5.59. The summed E-state index contributed by atoms with van der Waals surface area (Å²) in [5, 5.41) is 10.2. The molecule has 0 aliphatic carbocycles. The van der Waals surface area contributed by atoms with Gasteiger partial charge in [0.2, 0.25) is 0 Å². The summed E-state index contributed by atoms with van der Waals surface area (Å²) in [6.07, 6.45) is -0.725. The first kappa shape index (κ1) is 31.6. The zero-order valence-corrected chi connectivity index (χ0v) is 23.1. The summed E-state index contributed by atoms with van der Waals surface area (Å²) in [4.78, 5) is 0. The van der Waals surface area contributed by atoms with Crippen LogP contribution in [0.2, 0.25) is 0 Å².